The summed E-state index contributed by atoms with van der Waals surface area (Å²) in [6.07, 6.45) is 0. The summed E-state index contributed by atoms with van der Waals surface area (Å²) >= 11 is 0. The summed E-state index contributed by atoms with van der Waals surface area (Å²) in [6.45, 7) is 6.01. The summed E-state index contributed by atoms with van der Waals surface area (Å²) in [5, 5.41) is 16.1. The Balaban J connectivity index is 5.09. The molecule has 0 saturated heterocycles. The Hall–Kier alpha value is -1.13. The zero-order chi connectivity index (χ0) is 13.1. The van der Waals surface area contributed by atoms with Gasteiger partial charge in [-0.3, -0.25) is 4.79 Å². The second-order valence-electron chi connectivity index (χ2n) is 4.57. The van der Waals surface area contributed by atoms with Crippen molar-refractivity contribution in [1.82, 2.24) is 4.72 Å². The maximum atomic E-state index is 11.5. The highest BCUT2D eigenvalue weighted by atomic mass is 32.2. The van der Waals surface area contributed by atoms with Crippen molar-refractivity contribution in [2.24, 2.45) is 5.41 Å². The van der Waals surface area contributed by atoms with Crippen LogP contribution in [-0.2, 0) is 14.8 Å². The van der Waals surface area contributed by atoms with E-state index in [0.717, 1.165) is 0 Å². The van der Waals surface area contributed by atoms with Crippen LogP contribution in [0.4, 0.5) is 0 Å². The van der Waals surface area contributed by atoms with Gasteiger partial charge in [0, 0.05) is 0 Å². The largest absolute Gasteiger partial charge is 0.480 e. The van der Waals surface area contributed by atoms with Crippen LogP contribution in [0, 0.1) is 16.7 Å². The molecule has 0 rings (SSSR count). The van der Waals surface area contributed by atoms with Crippen molar-refractivity contribution in [1.29, 1.82) is 5.26 Å². The van der Waals surface area contributed by atoms with E-state index in [1.54, 1.807) is 26.8 Å². The molecule has 0 radical (unpaired) electrons. The van der Waals surface area contributed by atoms with Crippen LogP contribution < -0.4 is 4.72 Å². The predicted octanol–water partition coefficient (Wildman–Crippen LogP) is 0.317. The molecule has 0 bridgehead atoms. The minimum atomic E-state index is -3.93. The van der Waals surface area contributed by atoms with Gasteiger partial charge in [0.05, 0.1) is 6.07 Å². The van der Waals surface area contributed by atoms with Gasteiger partial charge >= 0.3 is 5.97 Å². The molecule has 16 heavy (non-hydrogen) atoms. The van der Waals surface area contributed by atoms with Crippen molar-refractivity contribution in [3.8, 4) is 6.07 Å². The van der Waals surface area contributed by atoms with Crippen LogP contribution in [0.3, 0.4) is 0 Å². The smallest absolute Gasteiger partial charge is 0.322 e. The van der Waals surface area contributed by atoms with Crippen molar-refractivity contribution in [2.75, 3.05) is 0 Å². The number of rotatable bonds is 4. The first-order valence-electron chi connectivity index (χ1n) is 4.66. The number of hydrogen-bond donors (Lipinski definition) is 2. The Morgan fingerprint density at radius 3 is 2.12 bits per heavy atom. The fourth-order valence-corrected chi connectivity index (χ4v) is 2.06. The van der Waals surface area contributed by atoms with Crippen molar-refractivity contribution in [3.63, 3.8) is 0 Å². The van der Waals surface area contributed by atoms with Gasteiger partial charge < -0.3 is 5.11 Å². The first kappa shape index (κ1) is 14.9. The van der Waals surface area contributed by atoms with Gasteiger partial charge in [-0.15, -0.1) is 0 Å². The van der Waals surface area contributed by atoms with E-state index in [1.807, 2.05) is 4.72 Å². The quantitative estimate of drug-likeness (QED) is 0.744. The Morgan fingerprint density at radius 1 is 1.44 bits per heavy atom. The number of carbonyl (C=O) groups is 1. The van der Waals surface area contributed by atoms with Gasteiger partial charge in [-0.05, 0) is 12.3 Å². The maximum absolute atomic E-state index is 11.5. The summed E-state index contributed by atoms with van der Waals surface area (Å²) in [5.74, 6) is -1.26. The van der Waals surface area contributed by atoms with Gasteiger partial charge in [-0.1, -0.05) is 20.8 Å². The summed E-state index contributed by atoms with van der Waals surface area (Å²) in [6, 6.07) is 0.301. The van der Waals surface area contributed by atoms with Crippen molar-refractivity contribution >= 4 is 16.0 Å². The molecule has 2 atom stereocenters. The van der Waals surface area contributed by atoms with Gasteiger partial charge in [0.2, 0.25) is 10.0 Å². The topological polar surface area (TPSA) is 107 Å². The highest BCUT2D eigenvalue weighted by molar-refractivity contribution is 7.90. The van der Waals surface area contributed by atoms with Crippen molar-refractivity contribution in [2.45, 2.75) is 39.0 Å². The Morgan fingerprint density at radius 2 is 1.88 bits per heavy atom. The second-order valence-corrected chi connectivity index (χ2v) is 6.60. The Bertz CT molecular complexity index is 402. The molecule has 6 nitrogen and oxygen atoms in total. The van der Waals surface area contributed by atoms with Gasteiger partial charge in [0.25, 0.3) is 0 Å². The first-order chi connectivity index (χ1) is 7.02. The number of hydrogen-bond acceptors (Lipinski definition) is 4. The zero-order valence-electron chi connectivity index (χ0n) is 9.68. The average Bonchev–Trinajstić information content (AvgIpc) is 2.10. The summed E-state index contributed by atoms with van der Waals surface area (Å²) < 4.78 is 25.1. The molecule has 0 amide bonds. The van der Waals surface area contributed by atoms with Crippen LogP contribution in [0.15, 0.2) is 0 Å². The predicted molar refractivity (Wildman–Crippen MR) is 58.0 cm³/mol. The van der Waals surface area contributed by atoms with Crippen LogP contribution >= 0.6 is 0 Å². The lowest BCUT2D eigenvalue weighted by Crippen LogP contribution is -2.50. The van der Waals surface area contributed by atoms with E-state index >= 15 is 0 Å². The lowest BCUT2D eigenvalue weighted by molar-refractivity contribution is -0.141. The fraction of sp³-hybridized carbons (Fsp3) is 0.778. The van der Waals surface area contributed by atoms with Crippen LogP contribution in [0.5, 0.6) is 0 Å². The molecule has 0 saturated carbocycles. The molecule has 0 aliphatic rings. The summed E-state index contributed by atoms with van der Waals surface area (Å²) in [7, 11) is -3.93. The lowest BCUT2D eigenvalue weighted by Gasteiger charge is -2.27. The average molecular weight is 248 g/mol. The molecule has 92 valence electrons. The third-order valence-electron chi connectivity index (χ3n) is 2.04. The monoisotopic (exact) mass is 248 g/mol. The Labute approximate surface area is 95.3 Å². The number of nitriles is 1. The van der Waals surface area contributed by atoms with Crippen molar-refractivity contribution < 1.29 is 18.3 Å². The van der Waals surface area contributed by atoms with Crippen LogP contribution in [-0.4, -0.2) is 30.8 Å². The number of carboxylic acids is 1. The van der Waals surface area contributed by atoms with Gasteiger partial charge in [-0.25, -0.2) is 8.42 Å². The molecule has 0 heterocycles. The van der Waals surface area contributed by atoms with E-state index in [4.69, 9.17) is 10.4 Å². The number of nitrogens with zero attached hydrogens (tertiary/aromatic N) is 1. The molecule has 1 unspecified atom stereocenters. The van der Waals surface area contributed by atoms with E-state index in [1.165, 1.54) is 6.92 Å². The zero-order valence-corrected chi connectivity index (χ0v) is 10.5. The van der Waals surface area contributed by atoms with E-state index in [2.05, 4.69) is 0 Å². The minimum Gasteiger partial charge on any atom is -0.480 e. The Kier molecular flexibility index (Phi) is 4.46. The van der Waals surface area contributed by atoms with E-state index in [0.29, 0.717) is 0 Å². The van der Waals surface area contributed by atoms with Crippen molar-refractivity contribution in [3.05, 3.63) is 0 Å². The number of nitrogens with one attached hydrogen (secondary N) is 1. The minimum absolute atomic E-state index is 0.770. The maximum Gasteiger partial charge on any atom is 0.322 e. The molecular weight excluding hydrogens is 232 g/mol. The van der Waals surface area contributed by atoms with E-state index in [9.17, 15) is 13.2 Å². The SMILES string of the molecule is CC(C#N)S(=O)(=O)N[C@@H](C(=O)O)C(C)(C)C. The second kappa shape index (κ2) is 4.80. The standard InChI is InChI=1S/C9H16N2O4S/c1-6(5-10)16(14,15)11-7(8(12)13)9(2,3)4/h6-7,11H,1-4H3,(H,12,13)/t6?,7-/m0/s1. The molecular formula is C9H16N2O4S. The van der Waals surface area contributed by atoms with Gasteiger partial charge in [-0.2, -0.15) is 9.98 Å². The van der Waals surface area contributed by atoms with Gasteiger partial charge in [0.15, 0.2) is 5.25 Å². The third-order valence-corrected chi connectivity index (χ3v) is 3.64. The first-order valence-corrected chi connectivity index (χ1v) is 6.20. The molecule has 0 spiro atoms. The van der Waals surface area contributed by atoms with E-state index < -0.39 is 32.7 Å². The highest BCUT2D eigenvalue weighted by Crippen LogP contribution is 2.20. The van der Waals surface area contributed by atoms with Crippen LogP contribution in [0.2, 0.25) is 0 Å². The third kappa shape index (κ3) is 3.79. The molecule has 0 aromatic carbocycles. The summed E-state index contributed by atoms with van der Waals surface area (Å²) in [5.41, 5.74) is -0.770. The molecule has 0 aliphatic carbocycles. The normalized spacial score (nSPS) is 16.2. The number of aliphatic carboxylic acids is 1. The number of carboxylic acid groups (broad SMARTS) is 1. The molecule has 2 N–H and O–H groups in total. The molecule has 0 aromatic rings. The lowest BCUT2D eigenvalue weighted by atomic mass is 9.88. The highest BCUT2D eigenvalue weighted by Gasteiger charge is 2.36. The molecule has 0 fully saturated rings. The number of sulfonamides is 1. The summed E-state index contributed by atoms with van der Waals surface area (Å²) in [4.78, 5) is 10.9. The fourth-order valence-electron chi connectivity index (χ4n) is 0.933. The van der Waals surface area contributed by atoms with Gasteiger partial charge in [0.1, 0.15) is 6.04 Å². The molecule has 0 aromatic heterocycles. The molecule has 0 aliphatic heterocycles. The van der Waals surface area contributed by atoms with Crippen LogP contribution in [0.25, 0.3) is 0 Å². The van der Waals surface area contributed by atoms with Crippen LogP contribution in [0.1, 0.15) is 27.7 Å². The molecule has 7 heteroatoms. The van der Waals surface area contributed by atoms with E-state index in [-0.39, 0.29) is 0 Å².